The van der Waals surface area contributed by atoms with Gasteiger partial charge in [-0.2, -0.15) is 0 Å². The molecule has 0 fully saturated rings. The van der Waals surface area contributed by atoms with Gasteiger partial charge in [-0.15, -0.1) is 0 Å². The van der Waals surface area contributed by atoms with Crippen molar-refractivity contribution in [3.63, 3.8) is 0 Å². The normalized spacial score (nSPS) is 11.2. The van der Waals surface area contributed by atoms with Crippen LogP contribution < -0.4 is 9.47 Å². The van der Waals surface area contributed by atoms with Gasteiger partial charge in [-0.3, -0.25) is 9.59 Å². The number of rotatable bonds is 12. The summed E-state index contributed by atoms with van der Waals surface area (Å²) in [6.07, 6.45) is 9.00. The summed E-state index contributed by atoms with van der Waals surface area (Å²) in [6, 6.07) is 11.9. The Labute approximate surface area is 203 Å². The average Bonchev–Trinajstić information content (AvgIpc) is 2.81. The first-order chi connectivity index (χ1) is 16.4. The maximum absolute atomic E-state index is 12.7. The van der Waals surface area contributed by atoms with Crippen molar-refractivity contribution in [3.05, 3.63) is 47.5 Å². The number of hydrogen-bond acceptors (Lipinski definition) is 4. The molecule has 0 heterocycles. The molecule has 0 aliphatic rings. The lowest BCUT2D eigenvalue weighted by molar-refractivity contribution is -0.135. The number of carbonyl (C=O) groups excluding carboxylic acids is 2. The van der Waals surface area contributed by atoms with E-state index < -0.39 is 0 Å². The minimum Gasteiger partial charge on any atom is -0.425 e. The second kappa shape index (κ2) is 12.5. The molecule has 0 saturated heterocycles. The Bertz CT molecular complexity index is 1050. The van der Waals surface area contributed by atoms with Gasteiger partial charge in [0.15, 0.2) is 0 Å². The summed E-state index contributed by atoms with van der Waals surface area (Å²) >= 11 is 0. The van der Waals surface area contributed by atoms with E-state index in [1.165, 1.54) is 0 Å². The summed E-state index contributed by atoms with van der Waals surface area (Å²) in [6.45, 7) is 8.32. The zero-order valence-corrected chi connectivity index (χ0v) is 21.2. The summed E-state index contributed by atoms with van der Waals surface area (Å²) in [4.78, 5) is 25.5. The largest absolute Gasteiger partial charge is 0.425 e. The molecule has 34 heavy (non-hydrogen) atoms. The predicted molar refractivity (Wildman–Crippen MR) is 140 cm³/mol. The van der Waals surface area contributed by atoms with Gasteiger partial charge in [0.25, 0.3) is 0 Å². The minimum absolute atomic E-state index is 0.221. The molecule has 0 radical (unpaired) electrons. The van der Waals surface area contributed by atoms with Crippen LogP contribution in [0.4, 0.5) is 0 Å². The van der Waals surface area contributed by atoms with Crippen molar-refractivity contribution in [2.45, 2.75) is 91.9 Å². The van der Waals surface area contributed by atoms with Crippen LogP contribution >= 0.6 is 0 Å². The van der Waals surface area contributed by atoms with E-state index in [0.717, 1.165) is 84.0 Å². The molecule has 0 N–H and O–H groups in total. The minimum atomic E-state index is -0.221. The van der Waals surface area contributed by atoms with Crippen LogP contribution in [0.5, 0.6) is 11.5 Å². The molecule has 4 heteroatoms. The van der Waals surface area contributed by atoms with Crippen LogP contribution in [-0.4, -0.2) is 11.9 Å². The third-order valence-corrected chi connectivity index (χ3v) is 6.23. The molecular weight excluding hydrogens is 424 g/mol. The van der Waals surface area contributed by atoms with Crippen LogP contribution in [0.2, 0.25) is 0 Å². The highest BCUT2D eigenvalue weighted by atomic mass is 16.5. The molecule has 3 aromatic carbocycles. The van der Waals surface area contributed by atoms with E-state index in [1.54, 1.807) is 0 Å². The van der Waals surface area contributed by atoms with Gasteiger partial charge in [0.1, 0.15) is 11.5 Å². The van der Waals surface area contributed by atoms with Crippen LogP contribution in [0.15, 0.2) is 36.4 Å². The summed E-state index contributed by atoms with van der Waals surface area (Å²) in [5.74, 6) is 0.664. The van der Waals surface area contributed by atoms with E-state index in [2.05, 4.69) is 13.8 Å². The smallest absolute Gasteiger partial charge is 0.311 e. The van der Waals surface area contributed by atoms with Gasteiger partial charge in [0, 0.05) is 34.4 Å². The van der Waals surface area contributed by atoms with Gasteiger partial charge in [-0.05, 0) is 38.8 Å². The molecule has 0 aliphatic heterocycles. The highest BCUT2D eigenvalue weighted by molar-refractivity contribution is 6.13. The van der Waals surface area contributed by atoms with Crippen LogP contribution in [0, 0.1) is 13.8 Å². The summed E-state index contributed by atoms with van der Waals surface area (Å²) in [5, 5.41) is 3.18. The highest BCUT2D eigenvalue weighted by Crippen LogP contribution is 2.44. The van der Waals surface area contributed by atoms with Crippen molar-refractivity contribution in [1.82, 2.24) is 0 Å². The Hall–Kier alpha value is -2.88. The van der Waals surface area contributed by atoms with Crippen LogP contribution in [0.1, 0.15) is 89.2 Å². The number of ether oxygens (including phenoxy) is 2. The molecule has 0 unspecified atom stereocenters. The van der Waals surface area contributed by atoms with E-state index >= 15 is 0 Å². The standard InChI is InChI=1S/C30H38O4/c1-5-7-9-11-13-27(31)33-29-23-17-15-22(4)20-26(23)30(24-18-16-21(3)19-25(24)29)34-28(32)14-12-10-8-6-2/h15-20H,5-14H2,1-4H3. The van der Waals surface area contributed by atoms with Gasteiger partial charge < -0.3 is 9.47 Å². The molecule has 3 rings (SSSR count). The van der Waals surface area contributed by atoms with Crippen LogP contribution in [-0.2, 0) is 9.59 Å². The van der Waals surface area contributed by atoms with E-state index in [0.29, 0.717) is 24.3 Å². The third kappa shape index (κ3) is 6.59. The van der Waals surface area contributed by atoms with Crippen LogP contribution in [0.25, 0.3) is 21.5 Å². The molecule has 0 aliphatic carbocycles. The van der Waals surface area contributed by atoms with E-state index in [9.17, 15) is 9.59 Å². The summed E-state index contributed by atoms with van der Waals surface area (Å²) in [7, 11) is 0. The first-order valence-electron chi connectivity index (χ1n) is 12.8. The first kappa shape index (κ1) is 25.7. The SMILES string of the molecule is CCCCCCC(=O)Oc1c2ccc(C)cc2c(OC(=O)CCCCCC)c2ccc(C)cc12. The molecule has 0 spiro atoms. The van der Waals surface area contributed by atoms with Crippen molar-refractivity contribution < 1.29 is 19.1 Å². The number of benzene rings is 3. The number of hydrogen-bond donors (Lipinski definition) is 0. The fraction of sp³-hybridized carbons (Fsp3) is 0.467. The molecular formula is C30H38O4. The topological polar surface area (TPSA) is 52.6 Å². The van der Waals surface area contributed by atoms with E-state index in [1.807, 2.05) is 50.2 Å². The monoisotopic (exact) mass is 462 g/mol. The highest BCUT2D eigenvalue weighted by Gasteiger charge is 2.20. The maximum atomic E-state index is 12.7. The van der Waals surface area contributed by atoms with Gasteiger partial charge >= 0.3 is 11.9 Å². The Kier molecular flexibility index (Phi) is 9.50. The van der Waals surface area contributed by atoms with Crippen molar-refractivity contribution >= 4 is 33.5 Å². The Morgan fingerprint density at radius 2 is 1.00 bits per heavy atom. The zero-order valence-electron chi connectivity index (χ0n) is 21.2. The van der Waals surface area contributed by atoms with E-state index in [4.69, 9.17) is 9.47 Å². The Morgan fingerprint density at radius 3 is 1.38 bits per heavy atom. The van der Waals surface area contributed by atoms with Gasteiger partial charge in [0.2, 0.25) is 0 Å². The Balaban J connectivity index is 2.02. The molecule has 0 atom stereocenters. The second-order valence-electron chi connectivity index (χ2n) is 9.33. The van der Waals surface area contributed by atoms with Crippen molar-refractivity contribution in [2.75, 3.05) is 0 Å². The lowest BCUT2D eigenvalue weighted by Crippen LogP contribution is -2.11. The Morgan fingerprint density at radius 1 is 0.588 bits per heavy atom. The van der Waals surface area contributed by atoms with Crippen molar-refractivity contribution in [2.24, 2.45) is 0 Å². The first-order valence-corrected chi connectivity index (χ1v) is 12.8. The third-order valence-electron chi connectivity index (χ3n) is 6.23. The van der Waals surface area contributed by atoms with Crippen LogP contribution in [0.3, 0.4) is 0 Å². The molecule has 0 aromatic heterocycles. The van der Waals surface area contributed by atoms with Gasteiger partial charge in [-0.25, -0.2) is 0 Å². The molecule has 0 amide bonds. The lowest BCUT2D eigenvalue weighted by Gasteiger charge is -2.17. The molecule has 3 aromatic rings. The molecule has 4 nitrogen and oxygen atoms in total. The number of unbranched alkanes of at least 4 members (excludes halogenated alkanes) is 6. The molecule has 0 bridgehead atoms. The second-order valence-corrected chi connectivity index (χ2v) is 9.33. The van der Waals surface area contributed by atoms with E-state index in [-0.39, 0.29) is 11.9 Å². The number of carbonyl (C=O) groups is 2. The fourth-order valence-electron chi connectivity index (χ4n) is 4.32. The summed E-state index contributed by atoms with van der Waals surface area (Å²) < 4.78 is 12.0. The van der Waals surface area contributed by atoms with Crippen molar-refractivity contribution in [1.29, 1.82) is 0 Å². The van der Waals surface area contributed by atoms with Crippen molar-refractivity contribution in [3.8, 4) is 11.5 Å². The number of aryl methyl sites for hydroxylation is 2. The number of fused-ring (bicyclic) bond motifs is 2. The quantitative estimate of drug-likeness (QED) is 0.117. The maximum Gasteiger partial charge on any atom is 0.311 e. The molecule has 182 valence electrons. The summed E-state index contributed by atoms with van der Waals surface area (Å²) in [5.41, 5.74) is 2.10. The zero-order chi connectivity index (χ0) is 24.5. The van der Waals surface area contributed by atoms with Gasteiger partial charge in [0.05, 0.1) is 0 Å². The number of esters is 2. The van der Waals surface area contributed by atoms with Gasteiger partial charge in [-0.1, -0.05) is 87.8 Å². The fourth-order valence-corrected chi connectivity index (χ4v) is 4.32. The average molecular weight is 463 g/mol. The molecule has 0 saturated carbocycles. The predicted octanol–water partition coefficient (Wildman–Crippen LogP) is 8.36. The lowest BCUT2D eigenvalue weighted by atomic mass is 9.97.